The van der Waals surface area contributed by atoms with Crippen LogP contribution in [0.15, 0.2) is 18.2 Å². The molecular formula is C16H23NO4S. The first-order valence-corrected chi connectivity index (χ1v) is 8.23. The minimum atomic E-state index is -0.0272. The second-order valence-corrected chi connectivity index (χ2v) is 6.55. The summed E-state index contributed by atoms with van der Waals surface area (Å²) < 4.78 is 15.7. The van der Waals surface area contributed by atoms with Gasteiger partial charge in [-0.2, -0.15) is 0 Å². The van der Waals surface area contributed by atoms with Gasteiger partial charge in [0, 0.05) is 20.3 Å². The van der Waals surface area contributed by atoms with Gasteiger partial charge in [-0.1, -0.05) is 6.07 Å². The van der Waals surface area contributed by atoms with Crippen molar-refractivity contribution in [1.29, 1.82) is 0 Å². The quantitative estimate of drug-likeness (QED) is 0.721. The molecule has 1 aliphatic rings. The molecule has 0 aliphatic carbocycles. The summed E-state index contributed by atoms with van der Waals surface area (Å²) in [5.41, 5.74) is 1.05. The Morgan fingerprint density at radius 2 is 1.91 bits per heavy atom. The molecule has 1 amide bonds. The largest absolute Gasteiger partial charge is 0.493 e. The summed E-state index contributed by atoms with van der Waals surface area (Å²) in [6, 6.07) is 5.83. The predicted molar refractivity (Wildman–Crippen MR) is 87.5 cm³/mol. The third-order valence-electron chi connectivity index (χ3n) is 3.69. The van der Waals surface area contributed by atoms with Crippen LogP contribution < -0.4 is 9.47 Å². The Hall–Kier alpha value is -1.40. The smallest absolute Gasteiger partial charge is 0.236 e. The predicted octanol–water partition coefficient (Wildman–Crippen LogP) is 2.70. The molecule has 0 N–H and O–H groups in total. The summed E-state index contributed by atoms with van der Waals surface area (Å²) in [7, 11) is 4.91. The van der Waals surface area contributed by atoms with Gasteiger partial charge in [0.1, 0.15) is 5.37 Å². The molecule has 0 radical (unpaired) electrons. The second-order valence-electron chi connectivity index (χ2n) is 5.12. The number of hydrogen-bond acceptors (Lipinski definition) is 5. The van der Waals surface area contributed by atoms with Gasteiger partial charge in [0.25, 0.3) is 0 Å². The fraction of sp³-hybridized carbons (Fsp3) is 0.562. The highest BCUT2D eigenvalue weighted by molar-refractivity contribution is 8.01. The lowest BCUT2D eigenvalue weighted by atomic mass is 10.1. The van der Waals surface area contributed by atoms with Gasteiger partial charge in [0.05, 0.1) is 19.5 Å². The highest BCUT2D eigenvalue weighted by atomic mass is 32.2. The van der Waals surface area contributed by atoms with Crippen molar-refractivity contribution in [2.24, 2.45) is 0 Å². The number of carbonyl (C=O) groups is 1. The molecular weight excluding hydrogens is 302 g/mol. The molecule has 1 aromatic carbocycles. The molecule has 2 atom stereocenters. The zero-order chi connectivity index (χ0) is 16.1. The maximum absolute atomic E-state index is 12.4. The first-order valence-electron chi connectivity index (χ1n) is 7.29. The van der Waals surface area contributed by atoms with Crippen molar-refractivity contribution in [2.45, 2.75) is 24.0 Å². The second kappa shape index (κ2) is 7.74. The van der Waals surface area contributed by atoms with Crippen molar-refractivity contribution >= 4 is 17.7 Å². The highest BCUT2D eigenvalue weighted by Crippen LogP contribution is 2.44. The van der Waals surface area contributed by atoms with Crippen molar-refractivity contribution in [3.8, 4) is 11.5 Å². The molecule has 122 valence electrons. The lowest BCUT2D eigenvalue weighted by Crippen LogP contribution is -2.31. The summed E-state index contributed by atoms with van der Waals surface area (Å²) >= 11 is 1.66. The molecule has 1 aromatic rings. The average molecular weight is 325 g/mol. The highest BCUT2D eigenvalue weighted by Gasteiger charge is 2.38. The zero-order valence-corrected chi connectivity index (χ0v) is 14.3. The lowest BCUT2D eigenvalue weighted by molar-refractivity contribution is -0.130. The van der Waals surface area contributed by atoms with E-state index in [1.54, 1.807) is 33.1 Å². The summed E-state index contributed by atoms with van der Waals surface area (Å²) in [5.74, 6) is 1.56. The standard InChI is InChI=1S/C16H23NO4S/c1-11-15(18)17(8-5-9-19-2)16(22-11)12-6-7-13(20-3)14(10-12)21-4/h6-7,10-11,16H,5,8-9H2,1-4H3. The van der Waals surface area contributed by atoms with Crippen LogP contribution in [-0.4, -0.2) is 50.5 Å². The van der Waals surface area contributed by atoms with Crippen molar-refractivity contribution in [2.75, 3.05) is 34.5 Å². The third-order valence-corrected chi connectivity index (χ3v) is 5.08. The minimum absolute atomic E-state index is 0.0131. The molecule has 0 aromatic heterocycles. The van der Waals surface area contributed by atoms with Gasteiger partial charge < -0.3 is 19.1 Å². The number of ether oxygens (including phenoxy) is 3. The number of methoxy groups -OCH3 is 3. The summed E-state index contributed by atoms with van der Waals surface area (Å²) in [6.07, 6.45) is 0.833. The number of amides is 1. The van der Waals surface area contributed by atoms with E-state index in [0.29, 0.717) is 24.7 Å². The van der Waals surface area contributed by atoms with Crippen LogP contribution in [0.25, 0.3) is 0 Å². The molecule has 5 nitrogen and oxygen atoms in total. The van der Waals surface area contributed by atoms with Gasteiger partial charge in [-0.25, -0.2) is 0 Å². The van der Waals surface area contributed by atoms with Crippen molar-refractivity contribution < 1.29 is 19.0 Å². The molecule has 0 bridgehead atoms. The van der Waals surface area contributed by atoms with Crippen LogP contribution in [0.1, 0.15) is 24.3 Å². The summed E-state index contributed by atoms with van der Waals surface area (Å²) in [6.45, 7) is 3.31. The molecule has 1 fully saturated rings. The molecule has 1 saturated heterocycles. The zero-order valence-electron chi connectivity index (χ0n) is 13.5. The Labute approximate surface area is 135 Å². The third kappa shape index (κ3) is 3.50. The first kappa shape index (κ1) is 17.0. The lowest BCUT2D eigenvalue weighted by Gasteiger charge is -2.24. The van der Waals surface area contributed by atoms with Gasteiger partial charge >= 0.3 is 0 Å². The molecule has 2 rings (SSSR count). The fourth-order valence-electron chi connectivity index (χ4n) is 2.55. The Morgan fingerprint density at radius 1 is 1.18 bits per heavy atom. The van der Waals surface area contributed by atoms with E-state index in [-0.39, 0.29) is 16.5 Å². The van der Waals surface area contributed by atoms with Crippen LogP contribution in [-0.2, 0) is 9.53 Å². The molecule has 6 heteroatoms. The number of carbonyl (C=O) groups excluding carboxylic acids is 1. The maximum atomic E-state index is 12.4. The van der Waals surface area contributed by atoms with Gasteiger partial charge in [-0.05, 0) is 31.0 Å². The van der Waals surface area contributed by atoms with Gasteiger partial charge in [-0.3, -0.25) is 4.79 Å². The molecule has 22 heavy (non-hydrogen) atoms. The van der Waals surface area contributed by atoms with Crippen LogP contribution >= 0.6 is 11.8 Å². The molecule has 0 saturated carbocycles. The van der Waals surface area contributed by atoms with E-state index in [1.165, 1.54) is 0 Å². The van der Waals surface area contributed by atoms with Crippen molar-refractivity contribution in [3.63, 3.8) is 0 Å². The Bertz CT molecular complexity index is 523. The Balaban J connectivity index is 2.22. The van der Waals surface area contributed by atoms with Crippen LogP contribution in [0.2, 0.25) is 0 Å². The molecule has 1 heterocycles. The number of benzene rings is 1. The maximum Gasteiger partial charge on any atom is 0.236 e. The van der Waals surface area contributed by atoms with Crippen molar-refractivity contribution in [3.05, 3.63) is 23.8 Å². The van der Waals surface area contributed by atoms with E-state index in [2.05, 4.69) is 0 Å². The van der Waals surface area contributed by atoms with E-state index in [0.717, 1.165) is 12.0 Å². The first-order chi connectivity index (χ1) is 10.6. The molecule has 0 spiro atoms. The van der Waals surface area contributed by atoms with E-state index in [1.807, 2.05) is 30.0 Å². The minimum Gasteiger partial charge on any atom is -0.493 e. The number of thioether (sulfide) groups is 1. The molecule has 1 aliphatic heterocycles. The normalized spacial score (nSPS) is 21.3. The van der Waals surface area contributed by atoms with E-state index in [9.17, 15) is 4.79 Å². The van der Waals surface area contributed by atoms with Crippen LogP contribution in [0.4, 0.5) is 0 Å². The average Bonchev–Trinajstić information content (AvgIpc) is 2.82. The number of rotatable bonds is 7. The fourth-order valence-corrected chi connectivity index (χ4v) is 3.84. The summed E-state index contributed by atoms with van der Waals surface area (Å²) in [4.78, 5) is 14.3. The number of hydrogen-bond donors (Lipinski definition) is 0. The Kier molecular flexibility index (Phi) is 5.97. The van der Waals surface area contributed by atoms with E-state index >= 15 is 0 Å². The van der Waals surface area contributed by atoms with Crippen LogP contribution in [0, 0.1) is 0 Å². The van der Waals surface area contributed by atoms with Gasteiger partial charge in [0.15, 0.2) is 11.5 Å². The number of nitrogens with zero attached hydrogens (tertiary/aromatic N) is 1. The van der Waals surface area contributed by atoms with Crippen LogP contribution in [0.5, 0.6) is 11.5 Å². The van der Waals surface area contributed by atoms with Crippen molar-refractivity contribution in [1.82, 2.24) is 4.90 Å². The monoisotopic (exact) mass is 325 g/mol. The SMILES string of the molecule is COCCCN1C(=O)C(C)SC1c1ccc(OC)c(OC)c1. The van der Waals surface area contributed by atoms with Gasteiger partial charge in [0.2, 0.25) is 5.91 Å². The van der Waals surface area contributed by atoms with Crippen LogP contribution in [0.3, 0.4) is 0 Å². The molecule has 2 unspecified atom stereocenters. The topological polar surface area (TPSA) is 48.0 Å². The summed E-state index contributed by atoms with van der Waals surface area (Å²) in [5, 5.41) is -0.0141. The van der Waals surface area contributed by atoms with E-state index < -0.39 is 0 Å². The van der Waals surface area contributed by atoms with E-state index in [4.69, 9.17) is 14.2 Å². The van der Waals surface area contributed by atoms with Gasteiger partial charge in [-0.15, -0.1) is 11.8 Å². The Morgan fingerprint density at radius 3 is 2.55 bits per heavy atom.